The molecule has 0 saturated carbocycles. The quantitative estimate of drug-likeness (QED) is 0.260. The summed E-state index contributed by atoms with van der Waals surface area (Å²) in [7, 11) is -4.38. The molecule has 0 saturated heterocycles. The van der Waals surface area contributed by atoms with Crippen molar-refractivity contribution in [1.29, 1.82) is 0 Å². The van der Waals surface area contributed by atoms with Crippen LogP contribution in [-0.2, 0) is 22.7 Å². The SMILES string of the molecule is CCCCc1nc(O)c(S(=O)(=O)c2ccc(-c3ccccc3C(N)=O)cc2)c(O)c1N1CCCc2ccccc21. The van der Waals surface area contributed by atoms with Crippen LogP contribution in [0.25, 0.3) is 11.1 Å². The van der Waals surface area contributed by atoms with Gasteiger partial charge in [-0.05, 0) is 66.6 Å². The molecule has 3 aromatic carbocycles. The minimum absolute atomic E-state index is 0.133. The summed E-state index contributed by atoms with van der Waals surface area (Å²) in [5.74, 6) is -1.84. The van der Waals surface area contributed by atoms with Crippen LogP contribution in [0, 0.1) is 0 Å². The monoisotopic (exact) mass is 557 g/mol. The maximum atomic E-state index is 13.9. The number of hydrogen-bond donors (Lipinski definition) is 3. The molecule has 0 aliphatic carbocycles. The maximum Gasteiger partial charge on any atom is 0.249 e. The van der Waals surface area contributed by atoms with Crippen LogP contribution in [0.15, 0.2) is 82.6 Å². The first-order chi connectivity index (χ1) is 19.2. The number of fused-ring (bicyclic) bond motifs is 1. The number of amides is 1. The van der Waals surface area contributed by atoms with Gasteiger partial charge in [-0.3, -0.25) is 4.79 Å². The Labute approximate surface area is 233 Å². The third kappa shape index (κ3) is 4.88. The van der Waals surface area contributed by atoms with Gasteiger partial charge in [0.15, 0.2) is 10.6 Å². The van der Waals surface area contributed by atoms with E-state index >= 15 is 0 Å². The molecule has 2 heterocycles. The Morgan fingerprint density at radius 1 is 1.00 bits per heavy atom. The number of nitrogens with two attached hydrogens (primary N) is 1. The lowest BCUT2D eigenvalue weighted by molar-refractivity contribution is 0.100. The summed E-state index contributed by atoms with van der Waals surface area (Å²) < 4.78 is 27.7. The number of aryl methyl sites for hydroxylation is 2. The third-order valence-electron chi connectivity index (χ3n) is 7.24. The first kappa shape index (κ1) is 27.2. The van der Waals surface area contributed by atoms with Crippen LogP contribution in [0.1, 0.15) is 47.8 Å². The van der Waals surface area contributed by atoms with Crippen molar-refractivity contribution in [3.63, 3.8) is 0 Å². The van der Waals surface area contributed by atoms with E-state index < -0.39 is 32.3 Å². The average Bonchev–Trinajstić information content (AvgIpc) is 2.95. The standard InChI is InChI=1S/C31H31N3O5S/c1-2-3-13-25-27(34-19-8-10-21-9-4-7-14-26(21)34)28(35)29(31(37)33-25)40(38,39)22-17-15-20(16-18-22)23-11-5-6-12-24(23)30(32)36/h4-7,9,11-12,14-18H,2-3,8,10,13,19H2,1H3,(H2,32,36)(H2,33,35,37). The van der Waals surface area contributed by atoms with Gasteiger partial charge in [-0.1, -0.05) is 61.9 Å². The molecule has 1 aromatic heterocycles. The molecule has 9 heteroatoms. The summed E-state index contributed by atoms with van der Waals surface area (Å²) in [6, 6.07) is 20.5. The minimum Gasteiger partial charge on any atom is -0.504 e. The van der Waals surface area contributed by atoms with E-state index in [0.717, 1.165) is 36.9 Å². The molecule has 4 aromatic rings. The molecule has 1 amide bonds. The summed E-state index contributed by atoms with van der Waals surface area (Å²) in [6.45, 7) is 2.60. The van der Waals surface area contributed by atoms with Gasteiger partial charge in [0, 0.05) is 17.8 Å². The Hall–Kier alpha value is -4.37. The first-order valence-corrected chi connectivity index (χ1v) is 14.8. The number of benzene rings is 3. The number of unbranched alkanes of at least 4 members (excludes halogenated alkanes) is 1. The fraction of sp³-hybridized carbons (Fsp3) is 0.226. The first-order valence-electron chi connectivity index (χ1n) is 13.3. The van der Waals surface area contributed by atoms with E-state index in [1.165, 1.54) is 12.1 Å². The van der Waals surface area contributed by atoms with E-state index in [2.05, 4.69) is 4.98 Å². The number of hydrogen-bond acceptors (Lipinski definition) is 7. The molecule has 1 aliphatic rings. The zero-order valence-corrected chi connectivity index (χ0v) is 23.0. The van der Waals surface area contributed by atoms with E-state index in [1.807, 2.05) is 36.1 Å². The van der Waals surface area contributed by atoms with Crippen LogP contribution < -0.4 is 10.6 Å². The molecular formula is C31H31N3O5S. The van der Waals surface area contributed by atoms with Crippen LogP contribution in [0.4, 0.5) is 11.4 Å². The predicted octanol–water partition coefficient (Wildman–Crippen LogP) is 5.52. The Bertz CT molecular complexity index is 1680. The highest BCUT2D eigenvalue weighted by molar-refractivity contribution is 7.91. The molecule has 0 fully saturated rings. The van der Waals surface area contributed by atoms with E-state index in [-0.39, 0.29) is 4.90 Å². The Morgan fingerprint density at radius 2 is 1.70 bits per heavy atom. The summed E-state index contributed by atoms with van der Waals surface area (Å²) in [5.41, 5.74) is 9.72. The Balaban J connectivity index is 1.62. The number of nitrogens with zero attached hydrogens (tertiary/aromatic N) is 2. The molecule has 8 nitrogen and oxygen atoms in total. The van der Waals surface area contributed by atoms with E-state index in [9.17, 15) is 23.4 Å². The molecule has 206 valence electrons. The Kier molecular flexibility index (Phi) is 7.49. The largest absolute Gasteiger partial charge is 0.504 e. The third-order valence-corrected chi connectivity index (χ3v) is 9.05. The lowest BCUT2D eigenvalue weighted by atomic mass is 9.99. The highest BCUT2D eigenvalue weighted by Gasteiger charge is 2.34. The van der Waals surface area contributed by atoms with Crippen LogP contribution in [0.3, 0.4) is 0 Å². The van der Waals surface area contributed by atoms with Crippen molar-refractivity contribution >= 4 is 27.1 Å². The summed E-state index contributed by atoms with van der Waals surface area (Å²) in [5, 5.41) is 22.5. The molecule has 0 spiro atoms. The highest BCUT2D eigenvalue weighted by Crippen LogP contribution is 2.47. The van der Waals surface area contributed by atoms with E-state index in [0.29, 0.717) is 41.0 Å². The molecule has 0 atom stereocenters. The fourth-order valence-corrected chi connectivity index (χ4v) is 6.65. The van der Waals surface area contributed by atoms with Crippen molar-refractivity contribution in [3.05, 3.63) is 89.6 Å². The van der Waals surface area contributed by atoms with Crippen LogP contribution >= 0.6 is 0 Å². The number of carbonyl (C=O) groups excluding carboxylic acids is 1. The lowest BCUT2D eigenvalue weighted by Crippen LogP contribution is -2.26. The van der Waals surface area contributed by atoms with Gasteiger partial charge in [0.2, 0.25) is 21.6 Å². The van der Waals surface area contributed by atoms with Crippen LogP contribution in [0.5, 0.6) is 11.6 Å². The molecule has 0 unspecified atom stereocenters. The summed E-state index contributed by atoms with van der Waals surface area (Å²) in [6.07, 6.45) is 3.79. The number of pyridine rings is 1. The van der Waals surface area contributed by atoms with Gasteiger partial charge in [0.25, 0.3) is 0 Å². The van der Waals surface area contributed by atoms with E-state index in [1.54, 1.807) is 36.4 Å². The number of carbonyl (C=O) groups is 1. The summed E-state index contributed by atoms with van der Waals surface area (Å²) in [4.78, 5) is 17.4. The molecule has 1 aliphatic heterocycles. The van der Waals surface area contributed by atoms with Crippen molar-refractivity contribution in [3.8, 4) is 22.8 Å². The smallest absolute Gasteiger partial charge is 0.249 e. The van der Waals surface area contributed by atoms with E-state index in [4.69, 9.17) is 5.73 Å². The number of aromatic hydroxyl groups is 2. The number of sulfone groups is 1. The zero-order valence-electron chi connectivity index (χ0n) is 22.2. The van der Waals surface area contributed by atoms with Gasteiger partial charge in [0.05, 0.1) is 10.6 Å². The van der Waals surface area contributed by atoms with Crippen molar-refractivity contribution < 1.29 is 23.4 Å². The van der Waals surface area contributed by atoms with Gasteiger partial charge < -0.3 is 20.8 Å². The van der Waals surface area contributed by atoms with Crippen molar-refractivity contribution in [2.24, 2.45) is 5.73 Å². The zero-order chi connectivity index (χ0) is 28.4. The number of rotatable bonds is 8. The van der Waals surface area contributed by atoms with Crippen molar-refractivity contribution in [1.82, 2.24) is 4.98 Å². The van der Waals surface area contributed by atoms with Gasteiger partial charge in [-0.2, -0.15) is 0 Å². The second-order valence-electron chi connectivity index (χ2n) is 9.83. The molecule has 0 bridgehead atoms. The minimum atomic E-state index is -4.38. The maximum absolute atomic E-state index is 13.9. The van der Waals surface area contributed by atoms with Crippen molar-refractivity contribution in [2.45, 2.75) is 48.8 Å². The second kappa shape index (κ2) is 11.0. The molecule has 5 rings (SSSR count). The molecular weight excluding hydrogens is 526 g/mol. The number of aromatic nitrogens is 1. The fourth-order valence-electron chi connectivity index (χ4n) is 5.28. The van der Waals surface area contributed by atoms with Gasteiger partial charge in [-0.15, -0.1) is 0 Å². The molecule has 40 heavy (non-hydrogen) atoms. The highest BCUT2D eigenvalue weighted by atomic mass is 32.2. The predicted molar refractivity (Wildman–Crippen MR) is 154 cm³/mol. The van der Waals surface area contributed by atoms with Crippen molar-refractivity contribution in [2.75, 3.05) is 11.4 Å². The van der Waals surface area contributed by atoms with Crippen LogP contribution in [0.2, 0.25) is 0 Å². The topological polar surface area (TPSA) is 134 Å². The normalized spacial score (nSPS) is 13.2. The molecule has 4 N–H and O–H groups in total. The Morgan fingerprint density at radius 3 is 2.42 bits per heavy atom. The lowest BCUT2D eigenvalue weighted by Gasteiger charge is -2.33. The number of primary amides is 1. The number of para-hydroxylation sites is 1. The second-order valence-corrected chi connectivity index (χ2v) is 11.7. The van der Waals surface area contributed by atoms with Gasteiger partial charge >= 0.3 is 0 Å². The van der Waals surface area contributed by atoms with Gasteiger partial charge in [-0.25, -0.2) is 13.4 Å². The number of anilines is 2. The summed E-state index contributed by atoms with van der Waals surface area (Å²) >= 11 is 0. The average molecular weight is 558 g/mol. The van der Waals surface area contributed by atoms with Gasteiger partial charge in [0.1, 0.15) is 5.69 Å². The molecule has 0 radical (unpaired) electrons. The van der Waals surface area contributed by atoms with Crippen LogP contribution in [-0.4, -0.2) is 36.1 Å².